The Morgan fingerprint density at radius 1 is 1.50 bits per heavy atom. The van der Waals surface area contributed by atoms with Gasteiger partial charge in [0.15, 0.2) is 0 Å². The molecule has 16 heavy (non-hydrogen) atoms. The molecule has 0 amide bonds. The summed E-state index contributed by atoms with van der Waals surface area (Å²) in [6.45, 7) is 4.16. The molecule has 5 heteroatoms. The average Bonchev–Trinajstić information content (AvgIpc) is 2.73. The van der Waals surface area contributed by atoms with Crippen LogP contribution in [-0.4, -0.2) is 25.5 Å². The van der Waals surface area contributed by atoms with Crippen LogP contribution in [0.25, 0.3) is 0 Å². The highest BCUT2D eigenvalue weighted by Gasteiger charge is 2.08. The van der Waals surface area contributed by atoms with Crippen molar-refractivity contribution in [3.05, 3.63) is 28.8 Å². The van der Waals surface area contributed by atoms with Gasteiger partial charge in [-0.3, -0.25) is 4.99 Å². The molecule has 88 valence electrons. The molecule has 0 saturated carbocycles. The maximum atomic E-state index is 6.09. The Bertz CT molecular complexity index is 394. The summed E-state index contributed by atoms with van der Waals surface area (Å²) in [5.74, 6) is 1.61. The van der Waals surface area contributed by atoms with E-state index in [0.29, 0.717) is 17.4 Å². The van der Waals surface area contributed by atoms with E-state index >= 15 is 0 Å². The maximum absolute atomic E-state index is 6.09. The van der Waals surface area contributed by atoms with Gasteiger partial charge < -0.3 is 10.1 Å². The highest BCUT2D eigenvalue weighted by molar-refractivity contribution is 6.32. The van der Waals surface area contributed by atoms with Crippen LogP contribution in [0, 0.1) is 6.92 Å². The Morgan fingerprint density at radius 2 is 2.31 bits per heavy atom. The van der Waals surface area contributed by atoms with Crippen molar-refractivity contribution in [1.29, 1.82) is 0 Å². The van der Waals surface area contributed by atoms with E-state index in [1.165, 1.54) is 0 Å². The van der Waals surface area contributed by atoms with Crippen molar-refractivity contribution in [3.8, 4) is 5.75 Å². The number of ether oxygens (including phenoxy) is 1. The standard InChI is InChI=1S/C11H13ClN2O.ClH/c1-8-3-2-4-9(11(8)12)15-7-10-13-5-6-14-10;/h2-4H,5-7H2,1H3,(H,13,14);1H. The molecule has 0 aromatic heterocycles. The molecule has 0 radical (unpaired) electrons. The molecule has 1 aromatic carbocycles. The molecule has 0 saturated heterocycles. The Balaban J connectivity index is 0.00000128. The van der Waals surface area contributed by atoms with Crippen LogP contribution in [0.4, 0.5) is 0 Å². The number of hydrogen-bond donors (Lipinski definition) is 1. The number of amidine groups is 1. The monoisotopic (exact) mass is 260 g/mol. The third-order valence-corrected chi connectivity index (χ3v) is 2.75. The van der Waals surface area contributed by atoms with E-state index in [4.69, 9.17) is 16.3 Å². The highest BCUT2D eigenvalue weighted by atomic mass is 35.5. The van der Waals surface area contributed by atoms with Crippen LogP contribution in [0.2, 0.25) is 5.02 Å². The lowest BCUT2D eigenvalue weighted by molar-refractivity contribution is 0.373. The van der Waals surface area contributed by atoms with Crippen molar-refractivity contribution in [1.82, 2.24) is 5.32 Å². The first-order valence-corrected chi connectivity index (χ1v) is 5.30. The van der Waals surface area contributed by atoms with Crippen LogP contribution < -0.4 is 10.1 Å². The molecule has 2 rings (SSSR count). The van der Waals surface area contributed by atoms with Gasteiger partial charge in [0, 0.05) is 6.54 Å². The van der Waals surface area contributed by atoms with Gasteiger partial charge in [0.2, 0.25) is 0 Å². The van der Waals surface area contributed by atoms with Crippen LogP contribution in [0.3, 0.4) is 0 Å². The summed E-state index contributed by atoms with van der Waals surface area (Å²) in [5, 5.41) is 3.82. The van der Waals surface area contributed by atoms with E-state index in [1.54, 1.807) is 0 Å². The number of benzene rings is 1. The molecule has 1 aliphatic rings. The Labute approximate surface area is 106 Å². The summed E-state index contributed by atoms with van der Waals surface area (Å²) in [5.41, 5.74) is 1.02. The van der Waals surface area contributed by atoms with Crippen LogP contribution in [-0.2, 0) is 0 Å². The summed E-state index contributed by atoms with van der Waals surface area (Å²) in [4.78, 5) is 4.24. The molecule has 0 aliphatic carbocycles. The second kappa shape index (κ2) is 5.97. The zero-order valence-electron chi connectivity index (χ0n) is 9.00. The predicted molar refractivity (Wildman–Crippen MR) is 69.2 cm³/mol. The quantitative estimate of drug-likeness (QED) is 0.906. The summed E-state index contributed by atoms with van der Waals surface area (Å²) < 4.78 is 5.58. The molecule has 0 spiro atoms. The van der Waals surface area contributed by atoms with Crippen molar-refractivity contribution >= 4 is 29.8 Å². The first kappa shape index (κ1) is 13.1. The molecule has 0 atom stereocenters. The van der Waals surface area contributed by atoms with Crippen molar-refractivity contribution in [2.45, 2.75) is 6.92 Å². The van der Waals surface area contributed by atoms with Crippen molar-refractivity contribution in [3.63, 3.8) is 0 Å². The zero-order valence-corrected chi connectivity index (χ0v) is 10.6. The topological polar surface area (TPSA) is 33.6 Å². The van der Waals surface area contributed by atoms with Gasteiger partial charge in [-0.15, -0.1) is 12.4 Å². The van der Waals surface area contributed by atoms with E-state index in [0.717, 1.165) is 24.5 Å². The Kier molecular flexibility index (Phi) is 4.90. The number of halogens is 2. The van der Waals surface area contributed by atoms with Gasteiger partial charge in [-0.1, -0.05) is 23.7 Å². The first-order valence-electron chi connectivity index (χ1n) is 4.92. The van der Waals surface area contributed by atoms with Gasteiger partial charge in [-0.05, 0) is 18.6 Å². The molecular weight excluding hydrogens is 247 g/mol. The number of aliphatic imine (C=N–C) groups is 1. The molecule has 1 aromatic rings. The van der Waals surface area contributed by atoms with E-state index in [-0.39, 0.29) is 12.4 Å². The van der Waals surface area contributed by atoms with E-state index in [1.807, 2.05) is 25.1 Å². The van der Waals surface area contributed by atoms with Crippen LogP contribution in [0.5, 0.6) is 5.75 Å². The third-order valence-electron chi connectivity index (χ3n) is 2.26. The minimum atomic E-state index is 0. The largest absolute Gasteiger partial charge is 0.484 e. The molecule has 1 N–H and O–H groups in total. The second-order valence-electron chi connectivity index (χ2n) is 3.43. The van der Waals surface area contributed by atoms with Crippen molar-refractivity contribution in [2.24, 2.45) is 4.99 Å². The Morgan fingerprint density at radius 3 is 3.00 bits per heavy atom. The molecular formula is C11H14Cl2N2O. The van der Waals surface area contributed by atoms with Gasteiger partial charge in [-0.2, -0.15) is 0 Å². The van der Waals surface area contributed by atoms with E-state index < -0.39 is 0 Å². The van der Waals surface area contributed by atoms with Gasteiger partial charge in [0.1, 0.15) is 18.2 Å². The van der Waals surface area contributed by atoms with Gasteiger partial charge in [0.25, 0.3) is 0 Å². The smallest absolute Gasteiger partial charge is 0.145 e. The minimum absolute atomic E-state index is 0. The number of hydrogen-bond acceptors (Lipinski definition) is 3. The van der Waals surface area contributed by atoms with Crippen LogP contribution in [0.1, 0.15) is 5.56 Å². The number of rotatable bonds is 3. The van der Waals surface area contributed by atoms with E-state index in [9.17, 15) is 0 Å². The molecule has 0 fully saturated rings. The lowest BCUT2D eigenvalue weighted by atomic mass is 10.2. The van der Waals surface area contributed by atoms with Crippen LogP contribution >= 0.6 is 24.0 Å². The summed E-state index contributed by atoms with van der Waals surface area (Å²) >= 11 is 6.09. The normalized spacial score (nSPS) is 13.8. The van der Waals surface area contributed by atoms with Crippen molar-refractivity contribution < 1.29 is 4.74 Å². The highest BCUT2D eigenvalue weighted by Crippen LogP contribution is 2.27. The zero-order chi connectivity index (χ0) is 10.7. The minimum Gasteiger partial charge on any atom is -0.484 e. The molecule has 3 nitrogen and oxygen atoms in total. The molecule has 0 unspecified atom stereocenters. The van der Waals surface area contributed by atoms with Crippen LogP contribution in [0.15, 0.2) is 23.2 Å². The summed E-state index contributed by atoms with van der Waals surface area (Å²) in [6, 6.07) is 5.76. The lowest BCUT2D eigenvalue weighted by Crippen LogP contribution is -2.24. The van der Waals surface area contributed by atoms with Crippen molar-refractivity contribution in [2.75, 3.05) is 19.7 Å². The third kappa shape index (κ3) is 3.03. The summed E-state index contributed by atoms with van der Waals surface area (Å²) in [6.07, 6.45) is 0. The van der Waals surface area contributed by atoms with E-state index in [2.05, 4.69) is 10.3 Å². The van der Waals surface area contributed by atoms with Gasteiger partial charge in [-0.25, -0.2) is 0 Å². The fraction of sp³-hybridized carbons (Fsp3) is 0.364. The SMILES string of the molecule is Cc1cccc(OCC2=NCCN2)c1Cl.Cl. The number of nitrogens with zero attached hydrogens (tertiary/aromatic N) is 1. The average molecular weight is 261 g/mol. The molecule has 1 heterocycles. The summed E-state index contributed by atoms with van der Waals surface area (Å²) in [7, 11) is 0. The Hall–Kier alpha value is -0.930. The fourth-order valence-electron chi connectivity index (χ4n) is 1.42. The second-order valence-corrected chi connectivity index (χ2v) is 3.81. The van der Waals surface area contributed by atoms with Gasteiger partial charge in [0.05, 0.1) is 11.6 Å². The molecule has 1 aliphatic heterocycles. The number of aryl methyl sites for hydroxylation is 1. The molecule has 0 bridgehead atoms. The fourth-order valence-corrected chi connectivity index (χ4v) is 1.60. The van der Waals surface area contributed by atoms with Gasteiger partial charge >= 0.3 is 0 Å². The first-order chi connectivity index (χ1) is 7.27. The predicted octanol–water partition coefficient (Wildman–Crippen LogP) is 2.45. The maximum Gasteiger partial charge on any atom is 0.145 e. The lowest BCUT2D eigenvalue weighted by Gasteiger charge is -2.09. The number of nitrogens with one attached hydrogen (secondary N) is 1.